The van der Waals surface area contributed by atoms with Crippen molar-refractivity contribution in [3.63, 3.8) is 0 Å². The summed E-state index contributed by atoms with van der Waals surface area (Å²) in [5.74, 6) is 0.298. The van der Waals surface area contributed by atoms with Crippen LogP contribution in [0.1, 0.15) is 161 Å². The van der Waals surface area contributed by atoms with Crippen molar-refractivity contribution in [2.45, 2.75) is 149 Å². The second-order valence-corrected chi connectivity index (χ2v) is 20.7. The Morgan fingerprint density at radius 2 is 0.902 bits per heavy atom. The molecule has 0 atom stereocenters. The van der Waals surface area contributed by atoms with Gasteiger partial charge in [0.15, 0.2) is 0 Å². The molecule has 0 aliphatic carbocycles. The van der Waals surface area contributed by atoms with E-state index in [1.165, 1.54) is 40.0 Å². The molecule has 0 saturated carbocycles. The summed E-state index contributed by atoms with van der Waals surface area (Å²) in [6.07, 6.45) is 5.94. The molecule has 0 amide bonds. The van der Waals surface area contributed by atoms with Crippen molar-refractivity contribution >= 4 is 7.28 Å². The van der Waals surface area contributed by atoms with Crippen LogP contribution in [0.2, 0.25) is 0 Å². The summed E-state index contributed by atoms with van der Waals surface area (Å²) in [6, 6.07) is 14.5. The Bertz CT molecular complexity index is 1070. The van der Waals surface area contributed by atoms with Gasteiger partial charge in [0.25, 0.3) is 0 Å². The third-order valence-corrected chi connectivity index (χ3v) is 9.74. The average Bonchev–Trinajstić information content (AvgIpc) is 2.77. The molecule has 0 radical (unpaired) electrons. The number of hydrogen-bond donors (Lipinski definition) is 3. The van der Waals surface area contributed by atoms with Gasteiger partial charge < -0.3 is 0 Å². The summed E-state index contributed by atoms with van der Waals surface area (Å²) in [7, 11) is -4.38. The van der Waals surface area contributed by atoms with E-state index in [1.54, 1.807) is 0 Å². The zero-order valence-corrected chi connectivity index (χ0v) is 29.7. The maximum atomic E-state index is 9.77. The predicted molar refractivity (Wildman–Crippen MR) is 182 cm³/mol. The van der Waals surface area contributed by atoms with Gasteiger partial charge in [0, 0.05) is 0 Å². The Morgan fingerprint density at radius 1 is 0.537 bits per heavy atom. The Morgan fingerprint density at radius 3 is 1.24 bits per heavy atom. The van der Waals surface area contributed by atoms with E-state index in [9.17, 15) is 14.7 Å². The number of benzene rings is 2. The van der Waals surface area contributed by atoms with E-state index < -0.39 is 7.28 Å². The van der Waals surface area contributed by atoms with Crippen LogP contribution in [0.3, 0.4) is 0 Å². The fraction of sp³-hybridized carbons (Fsp3) is 0.676. The van der Waals surface area contributed by atoms with Crippen molar-refractivity contribution in [1.29, 1.82) is 0 Å². The van der Waals surface area contributed by atoms with Crippen LogP contribution in [0.5, 0.6) is 0 Å². The molecular formula is C37H63O3P. The first-order chi connectivity index (χ1) is 18.3. The van der Waals surface area contributed by atoms with Crippen LogP contribution in [0.25, 0.3) is 0 Å². The zero-order chi connectivity index (χ0) is 31.7. The monoisotopic (exact) mass is 586 g/mol. The van der Waals surface area contributed by atoms with Crippen LogP contribution in [0.15, 0.2) is 36.4 Å². The molecule has 41 heavy (non-hydrogen) atoms. The molecule has 3 nitrogen and oxygen atoms in total. The molecule has 0 fully saturated rings. The predicted octanol–water partition coefficient (Wildman–Crippen LogP) is 10.3. The summed E-state index contributed by atoms with van der Waals surface area (Å²) in [5.41, 5.74) is 8.77. The molecule has 2 rings (SSSR count). The fourth-order valence-corrected chi connectivity index (χ4v) is 6.76. The first-order valence-corrected chi connectivity index (χ1v) is 18.6. The summed E-state index contributed by atoms with van der Waals surface area (Å²) < 4.78 is 0. The second-order valence-electron chi connectivity index (χ2n) is 17.0. The zero-order valence-electron chi connectivity index (χ0n) is 28.8. The Labute approximate surface area is 253 Å². The molecule has 2 aromatic carbocycles. The van der Waals surface area contributed by atoms with Crippen molar-refractivity contribution in [2.75, 3.05) is 12.8 Å². The molecule has 234 valence electrons. The third-order valence-electron chi connectivity index (χ3n) is 8.38. The number of hydrogen-bond acceptors (Lipinski definition) is 3. The Balaban J connectivity index is 2.56. The van der Waals surface area contributed by atoms with Crippen LogP contribution in [0, 0.1) is 0 Å². The Kier molecular flexibility index (Phi) is 10.9. The van der Waals surface area contributed by atoms with E-state index >= 15 is 0 Å². The van der Waals surface area contributed by atoms with Crippen molar-refractivity contribution in [1.82, 2.24) is 0 Å². The second kappa shape index (κ2) is 12.4. The van der Waals surface area contributed by atoms with E-state index in [1.807, 2.05) is 0 Å². The van der Waals surface area contributed by atoms with Gasteiger partial charge in [-0.3, -0.25) is 0 Å². The quantitative estimate of drug-likeness (QED) is 0.192. The summed E-state index contributed by atoms with van der Waals surface area (Å²) in [6.45, 7) is 29.0. The molecular weight excluding hydrogens is 523 g/mol. The van der Waals surface area contributed by atoms with Gasteiger partial charge in [-0.2, -0.15) is 0 Å². The van der Waals surface area contributed by atoms with Crippen molar-refractivity contribution in [2.24, 2.45) is 0 Å². The molecule has 0 aliphatic rings. The summed E-state index contributed by atoms with van der Waals surface area (Å²) in [4.78, 5) is 29.3. The molecule has 3 N–H and O–H groups in total. The summed E-state index contributed by atoms with van der Waals surface area (Å²) >= 11 is 0. The molecule has 0 unspecified atom stereocenters. The first-order valence-electron chi connectivity index (χ1n) is 15.8. The molecule has 0 saturated heterocycles. The molecule has 0 heterocycles. The van der Waals surface area contributed by atoms with Crippen LogP contribution in [0.4, 0.5) is 0 Å². The number of unbranched alkanes of at least 4 members (excludes halogenated alkanes) is 4. The first kappa shape index (κ1) is 35.9. The van der Waals surface area contributed by atoms with Crippen molar-refractivity contribution in [3.05, 3.63) is 69.8 Å². The molecule has 0 bridgehead atoms. The van der Waals surface area contributed by atoms with E-state index in [-0.39, 0.29) is 27.8 Å². The van der Waals surface area contributed by atoms with Gasteiger partial charge >= 0.3 is 201 Å². The normalized spacial score (nSPS) is 14.8. The van der Waals surface area contributed by atoms with Gasteiger partial charge in [-0.05, 0) is 10.8 Å². The number of rotatable bonds is 10. The minimum absolute atomic E-state index is 0.0211. The average molecular weight is 587 g/mol. The topological polar surface area (TPSA) is 60.7 Å². The van der Waals surface area contributed by atoms with Crippen LogP contribution in [-0.2, 0) is 21.7 Å². The van der Waals surface area contributed by atoms with Gasteiger partial charge in [-0.15, -0.1) is 0 Å². The minimum atomic E-state index is -4.38. The Hall–Kier alpha value is -1.25. The van der Waals surface area contributed by atoms with Crippen LogP contribution < -0.4 is 0 Å². The SMILES string of the molecule is CC(C)(C)c1ccc(C(CCCCCCCP(C)(O)(O)O)c2ccc(C(C)(C)C)cc2C(C)(C)C)c(C(C)(C)C)c1. The van der Waals surface area contributed by atoms with Gasteiger partial charge in [0.2, 0.25) is 0 Å². The van der Waals surface area contributed by atoms with Crippen molar-refractivity contribution < 1.29 is 14.7 Å². The maximum absolute atomic E-state index is 9.77. The summed E-state index contributed by atoms with van der Waals surface area (Å²) in [5, 5.41) is 0. The van der Waals surface area contributed by atoms with E-state index in [0.29, 0.717) is 12.3 Å². The van der Waals surface area contributed by atoms with E-state index in [0.717, 1.165) is 32.1 Å². The molecule has 0 aromatic heterocycles. The van der Waals surface area contributed by atoms with Crippen LogP contribution in [-0.4, -0.2) is 27.5 Å². The van der Waals surface area contributed by atoms with Gasteiger partial charge in [0.1, 0.15) is 0 Å². The van der Waals surface area contributed by atoms with Crippen molar-refractivity contribution in [3.8, 4) is 0 Å². The van der Waals surface area contributed by atoms with Gasteiger partial charge in [-0.25, -0.2) is 0 Å². The molecule has 2 aromatic rings. The standard InChI is InChI=1S/C37H63O3P/c1-34(2,3)27-20-22-30(32(25-27)36(7,8)9)29(19-17-15-14-16-18-24-41(13,38,39)40)31-23-21-28(35(4,5)6)26-33(31)37(10,11)12/h20-23,25-26,29,38-40H,14-19,24H2,1-13H3. The van der Waals surface area contributed by atoms with Gasteiger partial charge in [0.05, 0.1) is 0 Å². The molecule has 4 heteroatoms. The van der Waals surface area contributed by atoms with E-state index in [4.69, 9.17) is 0 Å². The van der Waals surface area contributed by atoms with Gasteiger partial charge in [-0.1, -0.05) is 41.5 Å². The van der Waals surface area contributed by atoms with Crippen LogP contribution >= 0.6 is 7.28 Å². The third kappa shape index (κ3) is 11.1. The van der Waals surface area contributed by atoms with E-state index in [2.05, 4.69) is 119 Å². The molecule has 0 spiro atoms. The molecule has 0 aliphatic heterocycles. The fourth-order valence-electron chi connectivity index (χ4n) is 5.79.